The summed E-state index contributed by atoms with van der Waals surface area (Å²) in [6.07, 6.45) is 2.13. The first-order chi connectivity index (χ1) is 8.77. The Labute approximate surface area is 119 Å². The summed E-state index contributed by atoms with van der Waals surface area (Å²) in [5.41, 5.74) is 6.11. The van der Waals surface area contributed by atoms with Crippen LogP contribution in [0.4, 0.5) is 5.69 Å². The van der Waals surface area contributed by atoms with E-state index in [-0.39, 0.29) is 15.3 Å². The van der Waals surface area contributed by atoms with E-state index in [4.69, 9.17) is 17.3 Å². The molecule has 1 aromatic carbocycles. The third-order valence-corrected chi connectivity index (χ3v) is 5.86. The Kier molecular flexibility index (Phi) is 3.82. The molecule has 0 unspecified atom stereocenters. The van der Waals surface area contributed by atoms with Crippen LogP contribution in [0.1, 0.15) is 26.7 Å². The fraction of sp³-hybridized carbons (Fsp3) is 0.538. The van der Waals surface area contributed by atoms with Crippen LogP contribution in [-0.2, 0) is 10.0 Å². The van der Waals surface area contributed by atoms with Gasteiger partial charge in [0, 0.05) is 12.2 Å². The van der Waals surface area contributed by atoms with Gasteiger partial charge in [-0.15, -0.1) is 0 Å². The van der Waals surface area contributed by atoms with Gasteiger partial charge in [0.2, 0.25) is 10.0 Å². The quantitative estimate of drug-likeness (QED) is 0.821. The Hall–Kier alpha value is -0.780. The zero-order chi connectivity index (χ0) is 14.3. The van der Waals surface area contributed by atoms with Crippen molar-refractivity contribution in [1.82, 2.24) is 4.72 Å². The minimum absolute atomic E-state index is 0.0497. The number of nitrogens with one attached hydrogen (secondary N) is 1. The largest absolute Gasteiger partial charge is 0.399 e. The lowest BCUT2D eigenvalue weighted by atomic mass is 9.93. The van der Waals surface area contributed by atoms with E-state index in [9.17, 15) is 8.42 Å². The van der Waals surface area contributed by atoms with Crippen LogP contribution in [0.5, 0.6) is 0 Å². The number of nitrogen functional groups attached to an aromatic ring is 1. The number of halogens is 1. The SMILES string of the molecule is CC(C)C1(CNS(=O)(=O)c2cc(N)ccc2Cl)CC1. The van der Waals surface area contributed by atoms with Crippen LogP contribution >= 0.6 is 11.6 Å². The van der Waals surface area contributed by atoms with E-state index in [1.807, 2.05) is 0 Å². The van der Waals surface area contributed by atoms with Crippen molar-refractivity contribution in [3.05, 3.63) is 23.2 Å². The van der Waals surface area contributed by atoms with Gasteiger partial charge in [-0.05, 0) is 42.4 Å². The molecule has 0 spiro atoms. The van der Waals surface area contributed by atoms with E-state index in [2.05, 4.69) is 18.6 Å². The highest BCUT2D eigenvalue weighted by atomic mass is 35.5. The molecule has 0 bridgehead atoms. The lowest BCUT2D eigenvalue weighted by Crippen LogP contribution is -2.32. The highest BCUT2D eigenvalue weighted by Crippen LogP contribution is 2.51. The van der Waals surface area contributed by atoms with Gasteiger partial charge in [0.15, 0.2) is 0 Å². The number of hydrogen-bond acceptors (Lipinski definition) is 3. The average molecular weight is 303 g/mol. The van der Waals surface area contributed by atoms with E-state index in [1.165, 1.54) is 12.1 Å². The van der Waals surface area contributed by atoms with Gasteiger partial charge in [-0.1, -0.05) is 25.4 Å². The van der Waals surface area contributed by atoms with Gasteiger partial charge in [0.05, 0.1) is 5.02 Å². The number of hydrogen-bond donors (Lipinski definition) is 2. The molecule has 0 atom stereocenters. The van der Waals surface area contributed by atoms with Gasteiger partial charge in [-0.3, -0.25) is 0 Å². The first-order valence-electron chi connectivity index (χ1n) is 6.31. The molecule has 0 radical (unpaired) electrons. The summed E-state index contributed by atoms with van der Waals surface area (Å²) >= 11 is 5.93. The molecule has 6 heteroatoms. The lowest BCUT2D eigenvalue weighted by Gasteiger charge is -2.20. The van der Waals surface area contributed by atoms with Crippen molar-refractivity contribution in [1.29, 1.82) is 0 Å². The van der Waals surface area contributed by atoms with Crippen LogP contribution in [0.2, 0.25) is 5.02 Å². The Morgan fingerprint density at radius 1 is 1.42 bits per heavy atom. The summed E-state index contributed by atoms with van der Waals surface area (Å²) in [6.45, 7) is 4.70. The van der Waals surface area contributed by atoms with Gasteiger partial charge < -0.3 is 5.73 Å². The van der Waals surface area contributed by atoms with Crippen molar-refractivity contribution >= 4 is 27.3 Å². The zero-order valence-electron chi connectivity index (χ0n) is 11.1. The second kappa shape index (κ2) is 4.96. The molecule has 106 valence electrons. The summed E-state index contributed by atoms with van der Waals surface area (Å²) in [6, 6.07) is 4.47. The molecule has 1 aliphatic rings. The van der Waals surface area contributed by atoms with Crippen molar-refractivity contribution < 1.29 is 8.42 Å². The van der Waals surface area contributed by atoms with Crippen molar-refractivity contribution in [3.8, 4) is 0 Å². The molecular formula is C13H19ClN2O2S. The third-order valence-electron chi connectivity index (χ3n) is 3.98. The molecule has 19 heavy (non-hydrogen) atoms. The lowest BCUT2D eigenvalue weighted by molar-refractivity contribution is 0.357. The molecule has 0 saturated heterocycles. The summed E-state index contributed by atoms with van der Waals surface area (Å²) in [5.74, 6) is 0.464. The normalized spacial score (nSPS) is 17.7. The summed E-state index contributed by atoms with van der Waals surface area (Å²) in [4.78, 5) is 0.0497. The predicted molar refractivity (Wildman–Crippen MR) is 77.6 cm³/mol. The van der Waals surface area contributed by atoms with E-state index >= 15 is 0 Å². The second-order valence-corrected chi connectivity index (χ2v) is 7.67. The maximum Gasteiger partial charge on any atom is 0.242 e. The van der Waals surface area contributed by atoms with Crippen LogP contribution < -0.4 is 10.5 Å². The molecule has 1 aromatic rings. The van der Waals surface area contributed by atoms with Crippen LogP contribution in [0.3, 0.4) is 0 Å². The minimum Gasteiger partial charge on any atom is -0.399 e. The predicted octanol–water partition coefficient (Wildman–Crippen LogP) is 2.64. The third kappa shape index (κ3) is 3.04. The topological polar surface area (TPSA) is 72.2 Å². The van der Waals surface area contributed by atoms with Gasteiger partial charge in [0.25, 0.3) is 0 Å². The van der Waals surface area contributed by atoms with Crippen molar-refractivity contribution in [3.63, 3.8) is 0 Å². The zero-order valence-corrected chi connectivity index (χ0v) is 12.7. The highest BCUT2D eigenvalue weighted by molar-refractivity contribution is 7.89. The fourth-order valence-electron chi connectivity index (χ4n) is 2.16. The Morgan fingerprint density at radius 3 is 2.58 bits per heavy atom. The van der Waals surface area contributed by atoms with Crippen molar-refractivity contribution in [2.75, 3.05) is 12.3 Å². The van der Waals surface area contributed by atoms with Crippen LogP contribution in [0, 0.1) is 11.3 Å². The number of benzene rings is 1. The van der Waals surface area contributed by atoms with E-state index < -0.39 is 10.0 Å². The monoisotopic (exact) mass is 302 g/mol. The number of anilines is 1. The molecule has 1 fully saturated rings. The van der Waals surface area contributed by atoms with E-state index in [1.54, 1.807) is 6.07 Å². The standard InChI is InChI=1S/C13H19ClN2O2S/c1-9(2)13(5-6-13)8-16-19(17,18)12-7-10(15)3-4-11(12)14/h3-4,7,9,16H,5-6,8,15H2,1-2H3. The van der Waals surface area contributed by atoms with Crippen LogP contribution in [0.15, 0.2) is 23.1 Å². The van der Waals surface area contributed by atoms with Crippen molar-refractivity contribution in [2.45, 2.75) is 31.6 Å². The number of nitrogens with two attached hydrogens (primary N) is 1. The molecular weight excluding hydrogens is 284 g/mol. The Morgan fingerprint density at radius 2 is 2.05 bits per heavy atom. The maximum atomic E-state index is 12.3. The van der Waals surface area contributed by atoms with Gasteiger partial charge in [0.1, 0.15) is 4.90 Å². The smallest absolute Gasteiger partial charge is 0.242 e. The average Bonchev–Trinajstić information content (AvgIpc) is 3.11. The first kappa shape index (κ1) is 14.6. The molecule has 0 heterocycles. The first-order valence-corrected chi connectivity index (χ1v) is 8.18. The number of rotatable bonds is 5. The molecule has 4 nitrogen and oxygen atoms in total. The summed E-state index contributed by atoms with van der Waals surface area (Å²) in [5, 5.41) is 0.191. The van der Waals surface area contributed by atoms with E-state index in [0.29, 0.717) is 18.2 Å². The van der Waals surface area contributed by atoms with E-state index in [0.717, 1.165) is 12.8 Å². The molecule has 0 amide bonds. The van der Waals surface area contributed by atoms with Gasteiger partial charge >= 0.3 is 0 Å². The molecule has 1 aliphatic carbocycles. The van der Waals surface area contributed by atoms with Crippen molar-refractivity contribution in [2.24, 2.45) is 11.3 Å². The molecule has 0 aliphatic heterocycles. The molecule has 2 rings (SSSR count). The van der Waals surface area contributed by atoms with Crippen LogP contribution in [0.25, 0.3) is 0 Å². The maximum absolute atomic E-state index is 12.3. The Balaban J connectivity index is 2.17. The molecule has 1 saturated carbocycles. The summed E-state index contributed by atoms with van der Waals surface area (Å²) < 4.78 is 27.2. The summed E-state index contributed by atoms with van der Waals surface area (Å²) in [7, 11) is -3.60. The Bertz CT molecular complexity index is 580. The second-order valence-electron chi connectivity index (χ2n) is 5.53. The molecule has 3 N–H and O–H groups in total. The van der Waals surface area contributed by atoms with Crippen LogP contribution in [-0.4, -0.2) is 15.0 Å². The minimum atomic E-state index is -3.60. The number of sulfonamides is 1. The van der Waals surface area contributed by atoms with Gasteiger partial charge in [-0.25, -0.2) is 13.1 Å². The highest BCUT2D eigenvalue weighted by Gasteiger charge is 2.45. The van der Waals surface area contributed by atoms with Gasteiger partial charge in [-0.2, -0.15) is 0 Å². The molecule has 0 aromatic heterocycles. The fourth-order valence-corrected chi connectivity index (χ4v) is 3.83.